The van der Waals surface area contributed by atoms with Gasteiger partial charge in [0.2, 0.25) is 5.91 Å². The van der Waals surface area contributed by atoms with E-state index in [1.54, 1.807) is 0 Å². The molecule has 0 unspecified atom stereocenters. The number of likely N-dealkylation sites (tertiary alicyclic amines) is 1. The summed E-state index contributed by atoms with van der Waals surface area (Å²) >= 11 is 0. The van der Waals surface area contributed by atoms with E-state index in [9.17, 15) is 4.79 Å². The van der Waals surface area contributed by atoms with E-state index >= 15 is 0 Å². The van der Waals surface area contributed by atoms with Crippen LogP contribution in [0.25, 0.3) is 0 Å². The zero-order valence-corrected chi connectivity index (χ0v) is 11.3. The number of amides is 1. The van der Waals surface area contributed by atoms with Crippen LogP contribution >= 0.6 is 0 Å². The zero-order valence-electron chi connectivity index (χ0n) is 11.3. The lowest BCUT2D eigenvalue weighted by atomic mass is 10.2. The minimum Gasteiger partial charge on any atom is -0.342 e. The van der Waals surface area contributed by atoms with E-state index < -0.39 is 0 Å². The maximum atomic E-state index is 11.9. The molecule has 0 aromatic heterocycles. The lowest BCUT2D eigenvalue weighted by Crippen LogP contribution is -2.38. The van der Waals surface area contributed by atoms with Crippen LogP contribution in [0.5, 0.6) is 0 Å². The molecule has 1 aliphatic rings. The van der Waals surface area contributed by atoms with Crippen molar-refractivity contribution in [3.63, 3.8) is 0 Å². The minimum absolute atomic E-state index is 0.294. The average molecular weight is 240 g/mol. The molecule has 3 nitrogen and oxygen atoms in total. The third-order valence-corrected chi connectivity index (χ3v) is 3.44. The molecule has 1 N–H and O–H groups in total. The summed E-state index contributed by atoms with van der Waals surface area (Å²) in [6, 6.07) is 0. The van der Waals surface area contributed by atoms with Gasteiger partial charge in [0.25, 0.3) is 0 Å². The third kappa shape index (κ3) is 6.67. The Morgan fingerprint density at radius 1 is 1.06 bits per heavy atom. The minimum atomic E-state index is 0.294. The Bertz CT molecular complexity index is 198. The number of unbranched alkanes of at least 4 members (excludes halogenated alkanes) is 3. The van der Waals surface area contributed by atoms with Crippen LogP contribution in [-0.2, 0) is 4.79 Å². The van der Waals surface area contributed by atoms with Gasteiger partial charge in [-0.3, -0.25) is 4.79 Å². The van der Waals surface area contributed by atoms with Crippen molar-refractivity contribution in [3.8, 4) is 0 Å². The summed E-state index contributed by atoms with van der Waals surface area (Å²) in [5.74, 6) is 0.294. The molecule has 0 atom stereocenters. The Labute approximate surface area is 106 Å². The van der Waals surface area contributed by atoms with Crippen molar-refractivity contribution in [2.24, 2.45) is 0 Å². The van der Waals surface area contributed by atoms with Crippen molar-refractivity contribution in [2.75, 3.05) is 26.2 Å². The summed E-state index contributed by atoms with van der Waals surface area (Å²) in [5.41, 5.74) is 0. The summed E-state index contributed by atoms with van der Waals surface area (Å²) in [7, 11) is 0. The van der Waals surface area contributed by atoms with Crippen molar-refractivity contribution in [1.82, 2.24) is 10.2 Å². The molecular weight excluding hydrogens is 212 g/mol. The molecule has 0 aromatic carbocycles. The normalized spacial score (nSPS) is 16.9. The van der Waals surface area contributed by atoms with Crippen LogP contribution in [0, 0.1) is 0 Å². The van der Waals surface area contributed by atoms with Crippen LogP contribution in [0.1, 0.15) is 58.3 Å². The van der Waals surface area contributed by atoms with E-state index in [1.807, 2.05) is 4.90 Å². The summed E-state index contributed by atoms with van der Waals surface area (Å²) < 4.78 is 0. The van der Waals surface area contributed by atoms with Crippen LogP contribution in [-0.4, -0.2) is 37.0 Å². The van der Waals surface area contributed by atoms with Crippen molar-refractivity contribution in [2.45, 2.75) is 58.3 Å². The van der Waals surface area contributed by atoms with Gasteiger partial charge in [0.1, 0.15) is 0 Å². The highest BCUT2D eigenvalue weighted by atomic mass is 16.2. The van der Waals surface area contributed by atoms with Gasteiger partial charge in [0.15, 0.2) is 0 Å². The maximum absolute atomic E-state index is 11.9. The molecule has 0 radical (unpaired) electrons. The van der Waals surface area contributed by atoms with Crippen molar-refractivity contribution in [3.05, 3.63) is 0 Å². The number of hydrogen-bond acceptors (Lipinski definition) is 2. The molecule has 0 aliphatic carbocycles. The highest BCUT2D eigenvalue weighted by Gasteiger charge is 2.14. The summed E-state index contributed by atoms with van der Waals surface area (Å²) in [5, 5.41) is 3.27. The van der Waals surface area contributed by atoms with Crippen molar-refractivity contribution < 1.29 is 4.79 Å². The fourth-order valence-corrected chi connectivity index (χ4v) is 2.30. The summed E-state index contributed by atoms with van der Waals surface area (Å²) in [6.45, 7) is 5.68. The van der Waals surface area contributed by atoms with Gasteiger partial charge in [-0.2, -0.15) is 0 Å². The second-order valence-electron chi connectivity index (χ2n) is 5.03. The van der Waals surface area contributed by atoms with E-state index in [2.05, 4.69) is 12.2 Å². The summed E-state index contributed by atoms with van der Waals surface area (Å²) in [4.78, 5) is 13.9. The van der Waals surface area contributed by atoms with Gasteiger partial charge >= 0.3 is 0 Å². The van der Waals surface area contributed by atoms with Gasteiger partial charge in [0.05, 0.1) is 6.54 Å². The Morgan fingerprint density at radius 3 is 2.41 bits per heavy atom. The zero-order chi connectivity index (χ0) is 12.3. The predicted molar refractivity (Wildman–Crippen MR) is 72.1 cm³/mol. The number of nitrogens with one attached hydrogen (secondary N) is 1. The van der Waals surface area contributed by atoms with Crippen LogP contribution < -0.4 is 5.32 Å². The fraction of sp³-hybridized carbons (Fsp3) is 0.929. The van der Waals surface area contributed by atoms with E-state index in [0.717, 1.165) is 19.6 Å². The molecule has 1 rings (SSSR count). The number of carbonyl (C=O) groups is 1. The summed E-state index contributed by atoms with van der Waals surface area (Å²) in [6.07, 6.45) is 9.99. The van der Waals surface area contributed by atoms with E-state index in [4.69, 9.17) is 0 Å². The van der Waals surface area contributed by atoms with Gasteiger partial charge in [-0.1, -0.05) is 39.0 Å². The molecule has 1 heterocycles. The lowest BCUT2D eigenvalue weighted by molar-refractivity contribution is -0.130. The fourth-order valence-electron chi connectivity index (χ4n) is 2.30. The lowest BCUT2D eigenvalue weighted by Gasteiger charge is -2.20. The van der Waals surface area contributed by atoms with Gasteiger partial charge < -0.3 is 10.2 Å². The number of hydrogen-bond donors (Lipinski definition) is 1. The number of rotatable bonds is 7. The molecule has 0 bridgehead atoms. The molecule has 1 aliphatic heterocycles. The van der Waals surface area contributed by atoms with Gasteiger partial charge in [-0.05, 0) is 25.8 Å². The first-order chi connectivity index (χ1) is 8.34. The first-order valence-electron chi connectivity index (χ1n) is 7.33. The third-order valence-electron chi connectivity index (χ3n) is 3.44. The molecule has 0 aromatic rings. The van der Waals surface area contributed by atoms with Crippen LogP contribution in [0.4, 0.5) is 0 Å². The second-order valence-corrected chi connectivity index (χ2v) is 5.03. The number of nitrogens with zero attached hydrogens (tertiary/aromatic N) is 1. The van der Waals surface area contributed by atoms with E-state index in [1.165, 1.54) is 51.4 Å². The molecule has 1 saturated heterocycles. The Morgan fingerprint density at radius 2 is 1.76 bits per heavy atom. The maximum Gasteiger partial charge on any atom is 0.236 e. The second kappa shape index (κ2) is 9.46. The monoisotopic (exact) mass is 240 g/mol. The molecule has 1 amide bonds. The molecule has 100 valence electrons. The molecule has 3 heteroatoms. The molecule has 0 spiro atoms. The van der Waals surface area contributed by atoms with Crippen LogP contribution in [0.15, 0.2) is 0 Å². The standard InChI is InChI=1S/C14H28N2O/c1-2-3-4-7-10-15-13-14(17)16-11-8-5-6-9-12-16/h15H,2-13H2,1H3. The van der Waals surface area contributed by atoms with Crippen molar-refractivity contribution in [1.29, 1.82) is 0 Å². The molecule has 17 heavy (non-hydrogen) atoms. The molecular formula is C14H28N2O. The Balaban J connectivity index is 2.03. The van der Waals surface area contributed by atoms with Gasteiger partial charge in [-0.15, -0.1) is 0 Å². The predicted octanol–water partition coefficient (Wildman–Crippen LogP) is 2.56. The first-order valence-corrected chi connectivity index (χ1v) is 7.33. The largest absolute Gasteiger partial charge is 0.342 e. The van der Waals surface area contributed by atoms with Crippen LogP contribution in [0.2, 0.25) is 0 Å². The van der Waals surface area contributed by atoms with E-state index in [-0.39, 0.29) is 0 Å². The Hall–Kier alpha value is -0.570. The number of carbonyl (C=O) groups excluding carboxylic acids is 1. The Kier molecular flexibility index (Phi) is 8.06. The average Bonchev–Trinajstić information content (AvgIpc) is 2.62. The smallest absolute Gasteiger partial charge is 0.236 e. The SMILES string of the molecule is CCCCCCNCC(=O)N1CCCCCC1. The highest BCUT2D eigenvalue weighted by molar-refractivity contribution is 5.78. The van der Waals surface area contributed by atoms with Crippen LogP contribution in [0.3, 0.4) is 0 Å². The highest BCUT2D eigenvalue weighted by Crippen LogP contribution is 2.09. The topological polar surface area (TPSA) is 32.3 Å². The first kappa shape index (κ1) is 14.5. The van der Waals surface area contributed by atoms with Gasteiger partial charge in [0, 0.05) is 13.1 Å². The molecule has 1 fully saturated rings. The van der Waals surface area contributed by atoms with E-state index in [0.29, 0.717) is 12.5 Å². The van der Waals surface area contributed by atoms with Crippen molar-refractivity contribution >= 4 is 5.91 Å². The van der Waals surface area contributed by atoms with Gasteiger partial charge in [-0.25, -0.2) is 0 Å². The quantitative estimate of drug-likeness (QED) is 0.694. The molecule has 0 saturated carbocycles.